The highest BCUT2D eigenvalue weighted by Gasteiger charge is 2.26. The van der Waals surface area contributed by atoms with Gasteiger partial charge in [-0.3, -0.25) is 0 Å². The van der Waals surface area contributed by atoms with Crippen LogP contribution in [0.1, 0.15) is 45.1 Å². The van der Waals surface area contributed by atoms with Gasteiger partial charge in [-0.1, -0.05) is 38.8 Å². The summed E-state index contributed by atoms with van der Waals surface area (Å²) in [6.07, 6.45) is 3.15. The fourth-order valence-corrected chi connectivity index (χ4v) is 2.80. The highest BCUT2D eigenvalue weighted by Crippen LogP contribution is 2.22. The van der Waals surface area contributed by atoms with Crippen molar-refractivity contribution in [2.75, 3.05) is 6.54 Å². The van der Waals surface area contributed by atoms with Gasteiger partial charge in [-0.15, -0.1) is 0 Å². The Hall–Kier alpha value is -1.62. The number of aliphatic hydroxyl groups excluding tert-OH is 1. The number of hydrogen-bond donors (Lipinski definition) is 3. The summed E-state index contributed by atoms with van der Waals surface area (Å²) in [4.78, 5) is 12.0. The molecule has 0 heterocycles. The summed E-state index contributed by atoms with van der Waals surface area (Å²) in [7, 11) is 0. The number of carbonyl (C=O) groups excluding carboxylic acids is 1. The lowest BCUT2D eigenvalue weighted by Gasteiger charge is -2.30. The van der Waals surface area contributed by atoms with Crippen molar-refractivity contribution in [1.82, 2.24) is 10.6 Å². The third-order valence-electron chi connectivity index (χ3n) is 4.36. The van der Waals surface area contributed by atoms with E-state index >= 15 is 0 Å². The molecule has 0 radical (unpaired) electrons. The average molecular weight is 308 g/mol. The Morgan fingerprint density at radius 3 is 2.55 bits per heavy atom. The largest absolute Gasteiger partial charge is 0.391 e. The first-order valence-electron chi connectivity index (χ1n) is 7.87. The molecule has 0 spiro atoms. The van der Waals surface area contributed by atoms with Gasteiger partial charge in [0, 0.05) is 12.0 Å². The van der Waals surface area contributed by atoms with Crippen LogP contribution in [-0.4, -0.2) is 29.8 Å². The van der Waals surface area contributed by atoms with Gasteiger partial charge in [0.1, 0.15) is 5.82 Å². The number of halogens is 1. The fourth-order valence-electron chi connectivity index (χ4n) is 2.80. The van der Waals surface area contributed by atoms with Crippen LogP contribution < -0.4 is 10.6 Å². The molecule has 22 heavy (non-hydrogen) atoms. The molecule has 1 aromatic carbocycles. The monoisotopic (exact) mass is 308 g/mol. The van der Waals surface area contributed by atoms with Gasteiger partial charge in [-0.25, -0.2) is 9.18 Å². The zero-order valence-electron chi connectivity index (χ0n) is 13.2. The summed E-state index contributed by atoms with van der Waals surface area (Å²) in [5.74, 6) is -0.267. The van der Waals surface area contributed by atoms with E-state index in [1.807, 2.05) is 13.8 Å². The number of hydrogen-bond acceptors (Lipinski definition) is 2. The predicted octanol–water partition coefficient (Wildman–Crippen LogP) is 2.71. The van der Waals surface area contributed by atoms with Crippen LogP contribution in [0, 0.1) is 5.82 Å². The second kappa shape index (κ2) is 7.09. The molecule has 1 saturated carbocycles. The first kappa shape index (κ1) is 16.7. The molecule has 1 aromatic rings. The number of urea groups is 1. The molecule has 3 N–H and O–H groups in total. The van der Waals surface area contributed by atoms with Crippen molar-refractivity contribution in [3.8, 4) is 0 Å². The van der Waals surface area contributed by atoms with Crippen molar-refractivity contribution in [3.63, 3.8) is 0 Å². The molecule has 122 valence electrons. The van der Waals surface area contributed by atoms with Gasteiger partial charge in [0.15, 0.2) is 0 Å². The molecule has 1 aliphatic carbocycles. The predicted molar refractivity (Wildman–Crippen MR) is 84.2 cm³/mol. The lowest BCUT2D eigenvalue weighted by atomic mass is 9.84. The summed E-state index contributed by atoms with van der Waals surface area (Å²) in [5, 5.41) is 15.6. The van der Waals surface area contributed by atoms with Crippen LogP contribution in [0.25, 0.3) is 0 Å². The third-order valence-corrected chi connectivity index (χ3v) is 4.36. The lowest BCUT2D eigenvalue weighted by Crippen LogP contribution is -2.50. The topological polar surface area (TPSA) is 61.4 Å². The molecular weight excluding hydrogens is 283 g/mol. The van der Waals surface area contributed by atoms with Crippen LogP contribution in [0.2, 0.25) is 0 Å². The number of rotatable bonds is 4. The van der Waals surface area contributed by atoms with E-state index in [0.29, 0.717) is 6.54 Å². The van der Waals surface area contributed by atoms with Crippen molar-refractivity contribution in [2.45, 2.75) is 57.1 Å². The maximum absolute atomic E-state index is 13.0. The Kier molecular flexibility index (Phi) is 5.40. The minimum absolute atomic E-state index is 0.164. The molecule has 2 unspecified atom stereocenters. The van der Waals surface area contributed by atoms with E-state index in [0.717, 1.165) is 31.2 Å². The molecule has 0 bridgehead atoms. The number of carbonyl (C=O) groups is 1. The van der Waals surface area contributed by atoms with Crippen LogP contribution in [-0.2, 0) is 5.41 Å². The minimum atomic E-state index is -0.454. The van der Waals surface area contributed by atoms with Gasteiger partial charge in [-0.2, -0.15) is 0 Å². The average Bonchev–Trinajstić information content (AvgIpc) is 2.48. The van der Waals surface area contributed by atoms with Crippen molar-refractivity contribution < 1.29 is 14.3 Å². The van der Waals surface area contributed by atoms with Gasteiger partial charge in [0.25, 0.3) is 0 Å². The summed E-state index contributed by atoms with van der Waals surface area (Å²) >= 11 is 0. The standard InChI is InChI=1S/C17H25FN2O2/c1-17(2,12-7-9-13(18)10-8-12)11-19-16(22)20-14-5-3-4-6-15(14)21/h7-10,14-15,21H,3-6,11H2,1-2H3,(H2,19,20,22). The van der Waals surface area contributed by atoms with Crippen LogP contribution in [0.15, 0.2) is 24.3 Å². The summed E-state index contributed by atoms with van der Waals surface area (Å²) in [6, 6.07) is 5.90. The second-order valence-electron chi connectivity index (χ2n) is 6.68. The van der Waals surface area contributed by atoms with Gasteiger partial charge >= 0.3 is 6.03 Å². The smallest absolute Gasteiger partial charge is 0.315 e. The Morgan fingerprint density at radius 1 is 1.27 bits per heavy atom. The van der Waals surface area contributed by atoms with Gasteiger partial charge in [-0.05, 0) is 30.5 Å². The van der Waals surface area contributed by atoms with Gasteiger partial charge in [0.05, 0.1) is 12.1 Å². The number of aliphatic hydroxyl groups is 1. The van der Waals surface area contributed by atoms with Crippen LogP contribution in [0.3, 0.4) is 0 Å². The van der Waals surface area contributed by atoms with Crippen molar-refractivity contribution in [2.24, 2.45) is 0 Å². The molecule has 1 fully saturated rings. The quantitative estimate of drug-likeness (QED) is 0.801. The zero-order chi connectivity index (χ0) is 16.2. The molecule has 2 atom stereocenters. The molecule has 0 saturated heterocycles. The van der Waals surface area contributed by atoms with E-state index in [-0.39, 0.29) is 23.3 Å². The highest BCUT2D eigenvalue weighted by molar-refractivity contribution is 5.74. The first-order valence-corrected chi connectivity index (χ1v) is 7.87. The van der Waals surface area contributed by atoms with E-state index in [4.69, 9.17) is 0 Å². The van der Waals surface area contributed by atoms with Crippen molar-refractivity contribution in [1.29, 1.82) is 0 Å². The summed E-state index contributed by atoms with van der Waals surface area (Å²) in [5.41, 5.74) is 0.669. The Balaban J connectivity index is 1.85. The Morgan fingerprint density at radius 2 is 1.91 bits per heavy atom. The molecule has 4 nitrogen and oxygen atoms in total. The molecular formula is C17H25FN2O2. The normalized spacial score (nSPS) is 22.2. The third kappa shape index (κ3) is 4.44. The van der Waals surface area contributed by atoms with E-state index in [2.05, 4.69) is 10.6 Å². The molecule has 1 aliphatic rings. The van der Waals surface area contributed by atoms with Crippen molar-refractivity contribution >= 4 is 6.03 Å². The first-order chi connectivity index (χ1) is 10.4. The van der Waals surface area contributed by atoms with Crippen LogP contribution >= 0.6 is 0 Å². The van der Waals surface area contributed by atoms with Gasteiger partial charge < -0.3 is 15.7 Å². The molecule has 0 aromatic heterocycles. The molecule has 2 amide bonds. The minimum Gasteiger partial charge on any atom is -0.391 e. The number of amides is 2. The van der Waals surface area contributed by atoms with Crippen LogP contribution in [0.4, 0.5) is 9.18 Å². The van der Waals surface area contributed by atoms with Gasteiger partial charge in [0.2, 0.25) is 0 Å². The zero-order valence-corrected chi connectivity index (χ0v) is 13.2. The Bertz CT molecular complexity index is 502. The summed E-state index contributed by atoms with van der Waals surface area (Å²) in [6.45, 7) is 4.43. The summed E-state index contributed by atoms with van der Waals surface area (Å²) < 4.78 is 13.0. The second-order valence-corrected chi connectivity index (χ2v) is 6.68. The van der Waals surface area contributed by atoms with E-state index in [1.165, 1.54) is 12.1 Å². The number of nitrogens with one attached hydrogen (secondary N) is 2. The SMILES string of the molecule is CC(C)(CNC(=O)NC1CCCCC1O)c1ccc(F)cc1. The van der Waals surface area contributed by atoms with E-state index in [1.54, 1.807) is 12.1 Å². The maximum Gasteiger partial charge on any atom is 0.315 e. The Labute approximate surface area is 131 Å². The van der Waals surface area contributed by atoms with E-state index < -0.39 is 6.10 Å². The fraction of sp³-hybridized carbons (Fsp3) is 0.588. The molecule has 5 heteroatoms. The van der Waals surface area contributed by atoms with Crippen molar-refractivity contribution in [3.05, 3.63) is 35.6 Å². The lowest BCUT2D eigenvalue weighted by molar-refractivity contribution is 0.0942. The number of benzene rings is 1. The molecule has 0 aliphatic heterocycles. The highest BCUT2D eigenvalue weighted by atomic mass is 19.1. The van der Waals surface area contributed by atoms with Crippen LogP contribution in [0.5, 0.6) is 0 Å². The molecule has 2 rings (SSSR count). The van der Waals surface area contributed by atoms with E-state index in [9.17, 15) is 14.3 Å². The maximum atomic E-state index is 13.0.